The first kappa shape index (κ1) is 12.4. The minimum atomic E-state index is -2.66. The van der Waals surface area contributed by atoms with Gasteiger partial charge in [-0.05, 0) is 12.2 Å². The summed E-state index contributed by atoms with van der Waals surface area (Å²) in [7, 11) is -2.66. The standard InChI is InChI=1S/C4H10O2S.CHNS/c1-3-7(5,6)4-2;2-1-3/h3-4H2,1-2H3;2H. The summed E-state index contributed by atoms with van der Waals surface area (Å²) in [6.45, 7) is 3.30. The van der Waals surface area contributed by atoms with Crippen LogP contribution >= 0.6 is 12.2 Å². The van der Waals surface area contributed by atoms with E-state index in [1.807, 2.05) is 0 Å². The van der Waals surface area contributed by atoms with Crippen molar-refractivity contribution in [3.05, 3.63) is 0 Å². The molecule has 0 saturated heterocycles. The van der Waals surface area contributed by atoms with Crippen LogP contribution in [0.2, 0.25) is 0 Å². The first-order valence-corrected chi connectivity index (χ1v) is 5.01. The van der Waals surface area contributed by atoms with Crippen LogP contribution in [-0.4, -0.2) is 25.1 Å². The summed E-state index contributed by atoms with van der Waals surface area (Å²) in [4.78, 5) is 0. The van der Waals surface area contributed by atoms with E-state index < -0.39 is 9.84 Å². The lowest BCUT2D eigenvalue weighted by Gasteiger charge is -1.89. The largest absolute Gasteiger partial charge is 0.248 e. The van der Waals surface area contributed by atoms with Gasteiger partial charge in [-0.15, -0.1) is 0 Å². The average molecular weight is 181 g/mol. The lowest BCUT2D eigenvalue weighted by Crippen LogP contribution is -2.04. The number of hydrogen-bond donors (Lipinski definition) is 1. The fraction of sp³-hybridized carbons (Fsp3) is 0.800. The molecular formula is C5H11NO2S2. The molecule has 5 heteroatoms. The lowest BCUT2D eigenvalue weighted by atomic mass is 11.0. The molecule has 0 aromatic carbocycles. The van der Waals surface area contributed by atoms with E-state index in [9.17, 15) is 8.42 Å². The number of rotatable bonds is 2. The molecule has 60 valence electrons. The van der Waals surface area contributed by atoms with Crippen molar-refractivity contribution in [3.63, 3.8) is 0 Å². The second kappa shape index (κ2) is 6.86. The molecule has 0 radical (unpaired) electrons. The molecule has 0 rings (SSSR count). The lowest BCUT2D eigenvalue weighted by molar-refractivity contribution is 0.598. The van der Waals surface area contributed by atoms with Crippen LogP contribution in [0.15, 0.2) is 0 Å². The van der Waals surface area contributed by atoms with E-state index in [1.165, 1.54) is 0 Å². The van der Waals surface area contributed by atoms with Gasteiger partial charge in [-0.25, -0.2) is 13.8 Å². The first-order valence-electron chi connectivity index (χ1n) is 2.78. The van der Waals surface area contributed by atoms with Crippen LogP contribution in [0.4, 0.5) is 0 Å². The predicted molar refractivity (Wildman–Crippen MR) is 45.3 cm³/mol. The molecule has 0 aromatic heterocycles. The summed E-state index contributed by atoms with van der Waals surface area (Å²) in [6, 6.07) is 0. The van der Waals surface area contributed by atoms with E-state index in [4.69, 9.17) is 5.41 Å². The van der Waals surface area contributed by atoms with Gasteiger partial charge >= 0.3 is 0 Å². The Kier molecular flexibility index (Phi) is 8.53. The Morgan fingerprint density at radius 2 is 1.60 bits per heavy atom. The molecule has 1 N–H and O–H groups in total. The summed E-state index contributed by atoms with van der Waals surface area (Å²) >= 11 is 3.81. The van der Waals surface area contributed by atoms with Crippen LogP contribution in [0.3, 0.4) is 0 Å². The van der Waals surface area contributed by atoms with E-state index in [-0.39, 0.29) is 11.5 Å². The third-order valence-corrected chi connectivity index (χ3v) is 2.64. The fourth-order valence-corrected chi connectivity index (χ4v) is 0.612. The SMILES string of the molecule is CCS(=O)(=O)CC.N=C=S. The van der Waals surface area contributed by atoms with Crippen molar-refractivity contribution in [2.45, 2.75) is 13.8 Å². The smallest absolute Gasteiger partial charge is 0.149 e. The zero-order valence-corrected chi connectivity index (χ0v) is 7.68. The van der Waals surface area contributed by atoms with Crippen molar-refractivity contribution < 1.29 is 8.42 Å². The van der Waals surface area contributed by atoms with Crippen LogP contribution < -0.4 is 0 Å². The Labute approximate surface area is 66.9 Å². The van der Waals surface area contributed by atoms with Gasteiger partial charge in [0.1, 0.15) is 9.84 Å². The molecular weight excluding hydrogens is 170 g/mol. The Morgan fingerprint density at radius 3 is 1.60 bits per heavy atom. The van der Waals surface area contributed by atoms with Gasteiger partial charge in [0.2, 0.25) is 0 Å². The van der Waals surface area contributed by atoms with Crippen molar-refractivity contribution in [2.75, 3.05) is 11.5 Å². The maximum Gasteiger partial charge on any atom is 0.149 e. The van der Waals surface area contributed by atoms with E-state index in [2.05, 4.69) is 12.2 Å². The van der Waals surface area contributed by atoms with E-state index in [0.717, 1.165) is 0 Å². The Bertz CT molecular complexity index is 180. The van der Waals surface area contributed by atoms with Crippen molar-refractivity contribution >= 4 is 27.2 Å². The Morgan fingerprint density at radius 1 is 1.40 bits per heavy atom. The topological polar surface area (TPSA) is 58.0 Å². The fourth-order valence-electron chi connectivity index (χ4n) is 0.204. The van der Waals surface area contributed by atoms with Crippen molar-refractivity contribution in [1.29, 1.82) is 5.41 Å². The Hall–Kier alpha value is -0.250. The molecule has 0 heterocycles. The van der Waals surface area contributed by atoms with Crippen molar-refractivity contribution in [2.24, 2.45) is 0 Å². The second-order valence-corrected chi connectivity index (χ2v) is 4.27. The molecule has 0 unspecified atom stereocenters. The highest BCUT2D eigenvalue weighted by molar-refractivity contribution is 7.91. The van der Waals surface area contributed by atoms with E-state index >= 15 is 0 Å². The highest BCUT2D eigenvalue weighted by atomic mass is 32.2. The number of nitrogens with one attached hydrogen (secondary N) is 1. The van der Waals surface area contributed by atoms with Gasteiger partial charge in [0.15, 0.2) is 0 Å². The van der Waals surface area contributed by atoms with Gasteiger partial charge in [0.25, 0.3) is 0 Å². The van der Waals surface area contributed by atoms with Gasteiger partial charge in [0, 0.05) is 11.5 Å². The number of sulfone groups is 1. The van der Waals surface area contributed by atoms with Crippen molar-refractivity contribution in [3.8, 4) is 0 Å². The molecule has 0 aliphatic rings. The van der Waals surface area contributed by atoms with E-state index in [1.54, 1.807) is 19.0 Å². The zero-order chi connectivity index (χ0) is 8.62. The molecule has 10 heavy (non-hydrogen) atoms. The maximum absolute atomic E-state index is 10.4. The minimum absolute atomic E-state index is 0.267. The van der Waals surface area contributed by atoms with Crippen LogP contribution in [0.25, 0.3) is 0 Å². The normalized spacial score (nSPS) is 9.00. The second-order valence-electron chi connectivity index (χ2n) is 1.42. The van der Waals surface area contributed by atoms with Crippen LogP contribution in [0, 0.1) is 5.41 Å². The molecule has 0 atom stereocenters. The average Bonchev–Trinajstić information content (AvgIpc) is 1.90. The summed E-state index contributed by atoms with van der Waals surface area (Å²) in [5.74, 6) is 0.535. The van der Waals surface area contributed by atoms with Gasteiger partial charge < -0.3 is 0 Å². The third-order valence-electron chi connectivity index (χ3n) is 0.880. The highest BCUT2D eigenvalue weighted by Gasteiger charge is 1.99. The zero-order valence-electron chi connectivity index (χ0n) is 6.05. The highest BCUT2D eigenvalue weighted by Crippen LogP contribution is 1.84. The quantitative estimate of drug-likeness (QED) is 0.513. The summed E-state index contributed by atoms with van der Waals surface area (Å²) < 4.78 is 20.7. The van der Waals surface area contributed by atoms with Gasteiger partial charge in [-0.2, -0.15) is 0 Å². The van der Waals surface area contributed by atoms with Crippen molar-refractivity contribution in [1.82, 2.24) is 0 Å². The molecule has 0 bridgehead atoms. The molecule has 0 aliphatic carbocycles. The third kappa shape index (κ3) is 10.7. The molecule has 0 fully saturated rings. The monoisotopic (exact) mass is 181 g/mol. The minimum Gasteiger partial charge on any atom is -0.248 e. The van der Waals surface area contributed by atoms with Gasteiger partial charge in [-0.1, -0.05) is 13.8 Å². The van der Waals surface area contributed by atoms with Crippen LogP contribution in [0.1, 0.15) is 13.8 Å². The van der Waals surface area contributed by atoms with E-state index in [0.29, 0.717) is 0 Å². The molecule has 0 aliphatic heterocycles. The molecule has 0 aromatic rings. The number of isothiocyanates is 1. The summed E-state index contributed by atoms with van der Waals surface area (Å²) in [5, 5.41) is 7.36. The van der Waals surface area contributed by atoms with Gasteiger partial charge in [-0.3, -0.25) is 0 Å². The summed E-state index contributed by atoms with van der Waals surface area (Å²) in [5.41, 5.74) is 0. The van der Waals surface area contributed by atoms with Gasteiger partial charge in [0.05, 0.1) is 5.16 Å². The molecule has 0 amide bonds. The number of hydrogen-bond acceptors (Lipinski definition) is 4. The molecule has 3 nitrogen and oxygen atoms in total. The predicted octanol–water partition coefficient (Wildman–Crippen LogP) is 1.11. The van der Waals surface area contributed by atoms with Crippen LogP contribution in [0.5, 0.6) is 0 Å². The maximum atomic E-state index is 10.4. The van der Waals surface area contributed by atoms with Crippen LogP contribution in [-0.2, 0) is 9.84 Å². The molecule has 0 spiro atoms. The molecule has 0 saturated carbocycles. The number of thiocarbonyl (C=S) groups is 1. The summed E-state index contributed by atoms with van der Waals surface area (Å²) in [6.07, 6.45) is 0. The Balaban J connectivity index is 0. The first-order chi connectivity index (χ1) is 4.54.